The Balaban J connectivity index is 1.79. The Bertz CT molecular complexity index is 341. The highest BCUT2D eigenvalue weighted by Gasteiger charge is 2.32. The number of rotatable bonds is 6. The van der Waals surface area contributed by atoms with Gasteiger partial charge in [-0.2, -0.15) is 0 Å². The Hall–Kier alpha value is -0.860. The lowest BCUT2D eigenvalue weighted by molar-refractivity contribution is 0.186. The zero-order valence-electron chi connectivity index (χ0n) is 11.8. The minimum atomic E-state index is 0.519. The monoisotopic (exact) mass is 246 g/mol. The van der Waals surface area contributed by atoms with Crippen LogP contribution in [0, 0.1) is 5.41 Å². The molecule has 0 bridgehead atoms. The van der Waals surface area contributed by atoms with E-state index in [9.17, 15) is 0 Å². The van der Waals surface area contributed by atoms with Gasteiger partial charge < -0.3 is 10.2 Å². The summed E-state index contributed by atoms with van der Waals surface area (Å²) in [4.78, 5) is 2.50. The molecule has 1 N–H and O–H groups in total. The van der Waals surface area contributed by atoms with E-state index in [-0.39, 0.29) is 0 Å². The largest absolute Gasteiger partial charge is 0.316 e. The van der Waals surface area contributed by atoms with E-state index in [0.29, 0.717) is 5.41 Å². The summed E-state index contributed by atoms with van der Waals surface area (Å²) in [7, 11) is 2.26. The Labute approximate surface area is 111 Å². The molecule has 0 saturated carbocycles. The van der Waals surface area contributed by atoms with Gasteiger partial charge in [0.1, 0.15) is 0 Å². The van der Waals surface area contributed by atoms with Crippen LogP contribution in [0.1, 0.15) is 25.3 Å². The summed E-state index contributed by atoms with van der Waals surface area (Å²) in [5.74, 6) is 0. The van der Waals surface area contributed by atoms with Crippen LogP contribution in [0.2, 0.25) is 0 Å². The van der Waals surface area contributed by atoms with Crippen molar-refractivity contribution in [2.24, 2.45) is 5.41 Å². The fourth-order valence-electron chi connectivity index (χ4n) is 2.96. The van der Waals surface area contributed by atoms with Crippen LogP contribution in [-0.2, 0) is 6.42 Å². The van der Waals surface area contributed by atoms with Gasteiger partial charge in [0.25, 0.3) is 0 Å². The quantitative estimate of drug-likeness (QED) is 0.830. The van der Waals surface area contributed by atoms with E-state index in [1.54, 1.807) is 0 Å². The normalized spacial score (nSPS) is 23.7. The van der Waals surface area contributed by atoms with Crippen molar-refractivity contribution in [3.63, 3.8) is 0 Å². The van der Waals surface area contributed by atoms with Gasteiger partial charge in [-0.3, -0.25) is 0 Å². The summed E-state index contributed by atoms with van der Waals surface area (Å²) >= 11 is 0. The number of likely N-dealkylation sites (N-methyl/N-ethyl adjacent to an activating group) is 1. The lowest BCUT2D eigenvalue weighted by Crippen LogP contribution is -2.37. The van der Waals surface area contributed by atoms with E-state index in [2.05, 4.69) is 54.5 Å². The molecule has 2 heteroatoms. The second kappa shape index (κ2) is 6.35. The Morgan fingerprint density at radius 3 is 2.67 bits per heavy atom. The molecule has 0 aliphatic carbocycles. The lowest BCUT2D eigenvalue weighted by Gasteiger charge is -2.32. The fraction of sp³-hybridized carbons (Fsp3) is 0.625. The average Bonchev–Trinajstić information content (AvgIpc) is 2.87. The van der Waals surface area contributed by atoms with E-state index in [1.165, 1.54) is 38.0 Å². The summed E-state index contributed by atoms with van der Waals surface area (Å²) in [5.41, 5.74) is 1.96. The van der Waals surface area contributed by atoms with Crippen LogP contribution in [0.15, 0.2) is 30.3 Å². The number of nitrogens with zero attached hydrogens (tertiary/aromatic N) is 1. The highest BCUT2D eigenvalue weighted by Crippen LogP contribution is 2.29. The Morgan fingerprint density at radius 2 is 2.06 bits per heavy atom. The van der Waals surface area contributed by atoms with Crippen LogP contribution < -0.4 is 5.32 Å². The number of benzene rings is 1. The number of nitrogens with one attached hydrogen (secondary N) is 1. The maximum absolute atomic E-state index is 3.52. The van der Waals surface area contributed by atoms with Gasteiger partial charge in [0, 0.05) is 19.6 Å². The van der Waals surface area contributed by atoms with Crippen LogP contribution in [-0.4, -0.2) is 38.1 Å². The zero-order valence-corrected chi connectivity index (χ0v) is 11.8. The summed E-state index contributed by atoms with van der Waals surface area (Å²) < 4.78 is 0. The minimum absolute atomic E-state index is 0.519. The van der Waals surface area contributed by atoms with Crippen molar-refractivity contribution in [1.29, 1.82) is 0 Å². The van der Waals surface area contributed by atoms with Crippen molar-refractivity contribution >= 4 is 0 Å². The van der Waals surface area contributed by atoms with E-state index in [0.717, 1.165) is 13.0 Å². The molecule has 1 unspecified atom stereocenters. The van der Waals surface area contributed by atoms with Crippen LogP contribution in [0.25, 0.3) is 0 Å². The maximum atomic E-state index is 3.52. The molecule has 0 amide bonds. The third-order valence-corrected chi connectivity index (χ3v) is 4.31. The molecule has 0 spiro atoms. The topological polar surface area (TPSA) is 15.3 Å². The summed E-state index contributed by atoms with van der Waals surface area (Å²) in [5, 5.41) is 3.52. The molecule has 1 heterocycles. The van der Waals surface area contributed by atoms with Crippen molar-refractivity contribution in [2.45, 2.75) is 26.2 Å². The molecule has 100 valence electrons. The highest BCUT2D eigenvalue weighted by molar-refractivity contribution is 5.14. The van der Waals surface area contributed by atoms with Gasteiger partial charge in [0.15, 0.2) is 0 Å². The molecule has 1 aromatic carbocycles. The molecule has 1 fully saturated rings. The van der Waals surface area contributed by atoms with Gasteiger partial charge in [0.05, 0.1) is 0 Å². The lowest BCUT2D eigenvalue weighted by atomic mass is 9.84. The van der Waals surface area contributed by atoms with E-state index < -0.39 is 0 Å². The zero-order chi connectivity index (χ0) is 12.8. The molecule has 1 atom stereocenters. The smallest absolute Gasteiger partial charge is 0.00476 e. The second-order valence-corrected chi connectivity index (χ2v) is 5.75. The van der Waals surface area contributed by atoms with E-state index in [4.69, 9.17) is 0 Å². The van der Waals surface area contributed by atoms with Crippen molar-refractivity contribution < 1.29 is 0 Å². The van der Waals surface area contributed by atoms with Gasteiger partial charge in [-0.25, -0.2) is 0 Å². The first-order valence-electron chi connectivity index (χ1n) is 7.17. The van der Waals surface area contributed by atoms with Crippen LogP contribution in [0.5, 0.6) is 0 Å². The molecule has 0 radical (unpaired) electrons. The van der Waals surface area contributed by atoms with Gasteiger partial charge >= 0.3 is 0 Å². The molecule has 1 aromatic rings. The summed E-state index contributed by atoms with van der Waals surface area (Å²) in [6, 6.07) is 10.8. The van der Waals surface area contributed by atoms with Crippen molar-refractivity contribution in [1.82, 2.24) is 10.2 Å². The minimum Gasteiger partial charge on any atom is -0.316 e. The molecular formula is C16H26N2. The first kappa shape index (κ1) is 13.6. The summed E-state index contributed by atoms with van der Waals surface area (Å²) in [6.45, 7) is 7.10. The van der Waals surface area contributed by atoms with Crippen LogP contribution >= 0.6 is 0 Å². The second-order valence-electron chi connectivity index (χ2n) is 5.75. The van der Waals surface area contributed by atoms with Crippen molar-refractivity contribution in [3.05, 3.63) is 35.9 Å². The highest BCUT2D eigenvalue weighted by atomic mass is 15.1. The molecular weight excluding hydrogens is 220 g/mol. The van der Waals surface area contributed by atoms with Gasteiger partial charge in [-0.05, 0) is 43.8 Å². The maximum Gasteiger partial charge on any atom is 0.00476 e. The molecule has 0 aromatic heterocycles. The van der Waals surface area contributed by atoms with Gasteiger partial charge in [0.2, 0.25) is 0 Å². The Kier molecular flexibility index (Phi) is 4.79. The first-order chi connectivity index (χ1) is 8.74. The standard InChI is InChI=1S/C16H26N2/c1-3-16(10-11-17-13-16)14-18(2)12-9-15-7-5-4-6-8-15/h4-8,17H,3,9-14H2,1-2H3. The Morgan fingerprint density at radius 1 is 1.28 bits per heavy atom. The first-order valence-corrected chi connectivity index (χ1v) is 7.17. The third kappa shape index (κ3) is 3.56. The number of hydrogen-bond acceptors (Lipinski definition) is 2. The molecule has 2 nitrogen and oxygen atoms in total. The molecule has 1 saturated heterocycles. The molecule has 1 aliphatic heterocycles. The van der Waals surface area contributed by atoms with Crippen LogP contribution in [0.4, 0.5) is 0 Å². The average molecular weight is 246 g/mol. The molecule has 1 aliphatic rings. The fourth-order valence-corrected chi connectivity index (χ4v) is 2.96. The SMILES string of the molecule is CCC1(CN(C)CCc2ccccc2)CCNC1. The van der Waals surface area contributed by atoms with E-state index in [1.807, 2.05) is 0 Å². The van der Waals surface area contributed by atoms with Crippen molar-refractivity contribution in [2.75, 3.05) is 33.2 Å². The van der Waals surface area contributed by atoms with Crippen molar-refractivity contribution in [3.8, 4) is 0 Å². The molecule has 2 rings (SSSR count). The summed E-state index contributed by atoms with van der Waals surface area (Å²) in [6.07, 6.45) is 3.78. The predicted octanol–water partition coefficient (Wildman–Crippen LogP) is 2.55. The molecule has 18 heavy (non-hydrogen) atoms. The van der Waals surface area contributed by atoms with Gasteiger partial charge in [-0.15, -0.1) is 0 Å². The number of hydrogen-bond donors (Lipinski definition) is 1. The van der Waals surface area contributed by atoms with Gasteiger partial charge in [-0.1, -0.05) is 37.3 Å². The predicted molar refractivity (Wildman–Crippen MR) is 77.9 cm³/mol. The van der Waals surface area contributed by atoms with Crippen LogP contribution in [0.3, 0.4) is 0 Å². The van der Waals surface area contributed by atoms with E-state index >= 15 is 0 Å². The third-order valence-electron chi connectivity index (χ3n) is 4.31.